The number of hydrogen-bond acceptors (Lipinski definition) is 6. The largest absolute Gasteiger partial charge is 0.457 e. The van der Waals surface area contributed by atoms with Crippen LogP contribution in [0.1, 0.15) is 29.7 Å². The van der Waals surface area contributed by atoms with E-state index >= 15 is 0 Å². The van der Waals surface area contributed by atoms with Crippen LogP contribution in [-0.4, -0.2) is 59.4 Å². The molecular weight excluding hydrogens is 434 g/mol. The van der Waals surface area contributed by atoms with Crippen LogP contribution in [0.25, 0.3) is 0 Å². The Kier molecular flexibility index (Phi) is 6.81. The number of nitrogens with one attached hydrogen (secondary N) is 1. The maximum atomic E-state index is 13.3. The lowest BCUT2D eigenvalue weighted by Gasteiger charge is -2.35. The van der Waals surface area contributed by atoms with Crippen molar-refractivity contribution in [2.45, 2.75) is 31.4 Å². The fourth-order valence-electron chi connectivity index (χ4n) is 4.63. The van der Waals surface area contributed by atoms with Gasteiger partial charge in [0, 0.05) is 18.9 Å². The van der Waals surface area contributed by atoms with Crippen molar-refractivity contribution in [1.29, 1.82) is 0 Å². The second-order valence-electron chi connectivity index (χ2n) is 9.07. The van der Waals surface area contributed by atoms with Crippen LogP contribution in [0.3, 0.4) is 0 Å². The minimum absolute atomic E-state index is 0.0652. The van der Waals surface area contributed by atoms with Gasteiger partial charge in [-0.3, -0.25) is 4.79 Å². The van der Waals surface area contributed by atoms with Gasteiger partial charge < -0.3 is 24.2 Å². The minimum Gasteiger partial charge on any atom is -0.457 e. The SMILES string of the molecule is Cc1cc(NC(=O)C[N@@+]2(C)CCCC2COC(=O)C(O)(c2ccccc2)c2ccccc2)no1. The lowest BCUT2D eigenvalue weighted by Crippen LogP contribution is -2.54. The van der Waals surface area contributed by atoms with E-state index in [1.807, 2.05) is 19.2 Å². The summed E-state index contributed by atoms with van der Waals surface area (Å²) in [6.07, 6.45) is 1.73. The highest BCUT2D eigenvalue weighted by molar-refractivity contribution is 5.90. The zero-order valence-corrected chi connectivity index (χ0v) is 19.4. The molecule has 1 aromatic heterocycles. The van der Waals surface area contributed by atoms with E-state index in [9.17, 15) is 14.7 Å². The fraction of sp³-hybridized carbons (Fsp3) is 0.346. The van der Waals surface area contributed by atoms with E-state index in [-0.39, 0.29) is 25.1 Å². The summed E-state index contributed by atoms with van der Waals surface area (Å²) in [5.41, 5.74) is -1.04. The number of benzene rings is 2. The second-order valence-corrected chi connectivity index (χ2v) is 9.07. The van der Waals surface area contributed by atoms with Crippen LogP contribution >= 0.6 is 0 Å². The van der Waals surface area contributed by atoms with Gasteiger partial charge in [0.25, 0.3) is 5.91 Å². The number of carbonyl (C=O) groups excluding carboxylic acids is 2. The van der Waals surface area contributed by atoms with Crippen LogP contribution in [0.2, 0.25) is 0 Å². The zero-order chi connectivity index (χ0) is 24.2. The predicted molar refractivity (Wildman–Crippen MR) is 126 cm³/mol. The molecule has 0 bridgehead atoms. The van der Waals surface area contributed by atoms with E-state index in [1.165, 1.54) is 0 Å². The summed E-state index contributed by atoms with van der Waals surface area (Å²) < 4.78 is 11.2. The highest BCUT2D eigenvalue weighted by Crippen LogP contribution is 2.32. The Bertz CT molecular complexity index is 1090. The Balaban J connectivity index is 1.46. The molecule has 8 heteroatoms. The van der Waals surface area contributed by atoms with E-state index in [4.69, 9.17) is 9.26 Å². The molecule has 1 aliphatic heterocycles. The van der Waals surface area contributed by atoms with E-state index in [0.29, 0.717) is 27.2 Å². The quantitative estimate of drug-likeness (QED) is 0.393. The van der Waals surface area contributed by atoms with Crippen molar-refractivity contribution in [3.05, 3.63) is 83.6 Å². The molecule has 8 nitrogen and oxygen atoms in total. The molecule has 0 spiro atoms. The second kappa shape index (κ2) is 9.79. The number of amides is 1. The number of anilines is 1. The summed E-state index contributed by atoms with van der Waals surface area (Å²) in [6.45, 7) is 2.87. The van der Waals surface area contributed by atoms with Crippen LogP contribution < -0.4 is 5.32 Å². The third-order valence-corrected chi connectivity index (χ3v) is 6.57. The predicted octanol–water partition coefficient (Wildman–Crippen LogP) is 3.01. The number of hydrogen-bond donors (Lipinski definition) is 2. The summed E-state index contributed by atoms with van der Waals surface area (Å²) in [5, 5.41) is 18.1. The van der Waals surface area contributed by atoms with E-state index in [0.717, 1.165) is 19.4 Å². The summed E-state index contributed by atoms with van der Waals surface area (Å²) in [6, 6.07) is 19.2. The Morgan fingerprint density at radius 2 is 1.76 bits per heavy atom. The van der Waals surface area contributed by atoms with Crippen molar-refractivity contribution < 1.29 is 28.4 Å². The first kappa shape index (κ1) is 23.7. The number of rotatable bonds is 8. The number of ether oxygens (including phenoxy) is 1. The highest BCUT2D eigenvalue weighted by Gasteiger charge is 2.45. The smallest absolute Gasteiger partial charge is 0.347 e. The Labute approximate surface area is 198 Å². The van der Waals surface area contributed by atoms with Crippen molar-refractivity contribution in [3.8, 4) is 0 Å². The molecule has 178 valence electrons. The fourth-order valence-corrected chi connectivity index (χ4v) is 4.63. The first-order valence-electron chi connectivity index (χ1n) is 11.4. The molecule has 2 aromatic carbocycles. The van der Waals surface area contributed by atoms with Crippen molar-refractivity contribution in [1.82, 2.24) is 5.16 Å². The number of nitrogens with zero attached hydrogens (tertiary/aromatic N) is 2. The van der Waals surface area contributed by atoms with Gasteiger partial charge in [-0.2, -0.15) is 0 Å². The molecule has 1 amide bonds. The molecule has 2 atom stereocenters. The topological polar surface area (TPSA) is 102 Å². The van der Waals surface area contributed by atoms with E-state index in [2.05, 4.69) is 10.5 Å². The van der Waals surface area contributed by atoms with Crippen LogP contribution in [-0.2, 0) is 19.9 Å². The number of aromatic nitrogens is 1. The molecule has 2 N–H and O–H groups in total. The maximum Gasteiger partial charge on any atom is 0.347 e. The molecule has 1 aliphatic rings. The van der Waals surface area contributed by atoms with Gasteiger partial charge in [0.2, 0.25) is 5.60 Å². The molecule has 0 aliphatic carbocycles. The lowest BCUT2D eigenvalue weighted by atomic mass is 9.86. The molecule has 2 heterocycles. The van der Waals surface area contributed by atoms with Crippen molar-refractivity contribution >= 4 is 17.7 Å². The van der Waals surface area contributed by atoms with E-state index in [1.54, 1.807) is 61.5 Å². The molecular formula is C26H30N3O5+. The average Bonchev–Trinajstić information content (AvgIpc) is 3.42. The summed E-state index contributed by atoms with van der Waals surface area (Å²) in [4.78, 5) is 26.0. The van der Waals surface area contributed by atoms with Gasteiger partial charge in [-0.25, -0.2) is 4.79 Å². The van der Waals surface area contributed by atoms with Gasteiger partial charge in [-0.05, 0) is 18.1 Å². The van der Waals surface area contributed by atoms with Gasteiger partial charge in [0.1, 0.15) is 18.4 Å². The van der Waals surface area contributed by atoms with Crippen LogP contribution in [0.5, 0.6) is 0 Å². The number of esters is 1. The van der Waals surface area contributed by atoms with E-state index < -0.39 is 11.6 Å². The molecule has 1 fully saturated rings. The van der Waals surface area contributed by atoms with Crippen LogP contribution in [0, 0.1) is 6.92 Å². The Hall–Kier alpha value is -3.49. The van der Waals surface area contributed by atoms with Gasteiger partial charge in [0.15, 0.2) is 12.4 Å². The minimum atomic E-state index is -1.92. The highest BCUT2D eigenvalue weighted by atomic mass is 16.6. The van der Waals surface area contributed by atoms with Gasteiger partial charge in [0.05, 0.1) is 13.6 Å². The summed E-state index contributed by atoms with van der Waals surface area (Å²) in [7, 11) is 1.99. The number of likely N-dealkylation sites (N-methyl/N-ethyl adjacent to an activating group) is 1. The average molecular weight is 465 g/mol. The molecule has 3 aromatic rings. The third-order valence-electron chi connectivity index (χ3n) is 6.57. The summed E-state index contributed by atoms with van der Waals surface area (Å²) in [5.74, 6) is 0.0861. The first-order chi connectivity index (χ1) is 16.3. The maximum absolute atomic E-state index is 13.3. The molecule has 0 radical (unpaired) electrons. The normalized spacial score (nSPS) is 20.1. The molecule has 34 heavy (non-hydrogen) atoms. The monoisotopic (exact) mass is 464 g/mol. The molecule has 0 saturated carbocycles. The van der Waals surface area contributed by atoms with Gasteiger partial charge >= 0.3 is 5.97 Å². The van der Waals surface area contributed by atoms with Crippen molar-refractivity contribution in [3.63, 3.8) is 0 Å². The first-order valence-corrected chi connectivity index (χ1v) is 11.4. The number of quaternary nitrogens is 1. The van der Waals surface area contributed by atoms with Gasteiger partial charge in [-0.1, -0.05) is 65.8 Å². The summed E-state index contributed by atoms with van der Waals surface area (Å²) >= 11 is 0. The van der Waals surface area contributed by atoms with Crippen LogP contribution in [0.4, 0.5) is 5.82 Å². The standard InChI is InChI=1S/C26H29N3O5/c1-19-16-23(28-34-19)27-24(30)17-29(2)15-9-14-22(29)18-33-25(31)26(32,20-10-5-3-6-11-20)21-12-7-4-8-13-21/h3-8,10-13,16,22,32H,9,14-15,17-18H2,1-2H3/p+1/t22?,29-/m1/s1. The van der Waals surface area contributed by atoms with Crippen molar-refractivity contribution in [2.75, 3.05) is 32.1 Å². The van der Waals surface area contributed by atoms with Crippen molar-refractivity contribution in [2.24, 2.45) is 0 Å². The van der Waals surface area contributed by atoms with Crippen LogP contribution in [0.15, 0.2) is 71.3 Å². The molecule has 4 rings (SSSR count). The Morgan fingerprint density at radius 1 is 1.15 bits per heavy atom. The zero-order valence-electron chi connectivity index (χ0n) is 19.4. The molecule has 1 unspecified atom stereocenters. The Morgan fingerprint density at radius 3 is 2.32 bits per heavy atom. The number of carbonyl (C=O) groups is 2. The lowest BCUT2D eigenvalue weighted by molar-refractivity contribution is -0.913. The number of likely N-dealkylation sites (tertiary alicyclic amines) is 1. The molecule has 1 saturated heterocycles. The number of aliphatic hydroxyl groups is 1. The number of aryl methyl sites for hydroxylation is 1. The van der Waals surface area contributed by atoms with Gasteiger partial charge in [-0.15, -0.1) is 0 Å². The third kappa shape index (κ3) is 4.88.